The van der Waals surface area contributed by atoms with Crippen LogP contribution in [0.2, 0.25) is 0 Å². The van der Waals surface area contributed by atoms with Crippen LogP contribution in [-0.4, -0.2) is 10.9 Å². The van der Waals surface area contributed by atoms with E-state index < -0.39 is 0 Å². The van der Waals surface area contributed by atoms with Crippen LogP contribution in [0.15, 0.2) is 60.6 Å². The first-order valence-corrected chi connectivity index (χ1v) is 9.08. The molecule has 5 nitrogen and oxygen atoms in total. The third-order valence-electron chi connectivity index (χ3n) is 4.70. The van der Waals surface area contributed by atoms with Crippen molar-refractivity contribution in [3.63, 3.8) is 0 Å². The van der Waals surface area contributed by atoms with Crippen molar-refractivity contribution >= 4 is 11.6 Å². The van der Waals surface area contributed by atoms with Gasteiger partial charge in [0.25, 0.3) is 5.91 Å². The van der Waals surface area contributed by atoms with Crippen molar-refractivity contribution in [1.82, 2.24) is 10.5 Å². The zero-order chi connectivity index (χ0) is 18.2. The quantitative estimate of drug-likeness (QED) is 0.596. The van der Waals surface area contributed by atoms with Gasteiger partial charge in [-0.3, -0.25) is 9.78 Å². The summed E-state index contributed by atoms with van der Waals surface area (Å²) in [7, 11) is 0. The van der Waals surface area contributed by atoms with E-state index in [1.165, 1.54) is 18.4 Å². The minimum Gasteiger partial charge on any atom is -0.387 e. The highest BCUT2D eigenvalue weighted by molar-refractivity contribution is 5.99. The molecule has 1 amide bonds. The highest BCUT2D eigenvalue weighted by Crippen LogP contribution is 2.27. The summed E-state index contributed by atoms with van der Waals surface area (Å²) in [5.74, 6) is 0.518. The molecule has 0 unspecified atom stereocenters. The van der Waals surface area contributed by atoms with Crippen molar-refractivity contribution in [2.75, 3.05) is 5.32 Å². The number of rotatable bonds is 6. The van der Waals surface area contributed by atoms with Gasteiger partial charge < -0.3 is 10.2 Å². The van der Waals surface area contributed by atoms with Gasteiger partial charge in [-0.1, -0.05) is 19.1 Å². The Bertz CT molecular complexity index is 749. The lowest BCUT2D eigenvalue weighted by atomic mass is 9.88. The van der Waals surface area contributed by atoms with Gasteiger partial charge in [0.2, 0.25) is 0 Å². The van der Waals surface area contributed by atoms with Crippen molar-refractivity contribution < 1.29 is 9.63 Å². The molecule has 0 radical (unpaired) electrons. The number of hydroxylamine groups is 1. The van der Waals surface area contributed by atoms with Crippen molar-refractivity contribution in [1.29, 1.82) is 0 Å². The fraction of sp³-hybridized carbons (Fsp3) is 0.333. The fourth-order valence-electron chi connectivity index (χ4n) is 3.01. The van der Waals surface area contributed by atoms with E-state index in [4.69, 9.17) is 4.84 Å². The van der Waals surface area contributed by atoms with Gasteiger partial charge in [0.15, 0.2) is 0 Å². The van der Waals surface area contributed by atoms with Crippen LogP contribution in [0.4, 0.5) is 5.69 Å². The van der Waals surface area contributed by atoms with Gasteiger partial charge >= 0.3 is 0 Å². The monoisotopic (exact) mass is 351 g/mol. The Labute approximate surface area is 154 Å². The second kappa shape index (κ2) is 9.04. The van der Waals surface area contributed by atoms with Gasteiger partial charge in [0.05, 0.1) is 5.56 Å². The molecule has 1 aromatic heterocycles. The highest BCUT2D eigenvalue weighted by atomic mass is 16.6. The van der Waals surface area contributed by atoms with E-state index in [-0.39, 0.29) is 5.91 Å². The predicted octanol–water partition coefficient (Wildman–Crippen LogP) is 4.45. The molecule has 0 aliphatic heterocycles. The van der Waals surface area contributed by atoms with E-state index in [1.54, 1.807) is 24.7 Å². The summed E-state index contributed by atoms with van der Waals surface area (Å²) in [4.78, 5) is 21.8. The van der Waals surface area contributed by atoms with Crippen molar-refractivity contribution in [3.05, 3.63) is 71.8 Å². The third-order valence-corrected chi connectivity index (χ3v) is 4.70. The Morgan fingerprint density at radius 3 is 2.69 bits per heavy atom. The SMILES string of the molecule is CC1CCC(=CONC(=O)c2ccccc2NCc2ccncc2)CC1. The van der Waals surface area contributed by atoms with Crippen LogP contribution in [0.1, 0.15) is 48.5 Å². The lowest BCUT2D eigenvalue weighted by Crippen LogP contribution is -2.23. The van der Waals surface area contributed by atoms with E-state index in [0.717, 1.165) is 30.0 Å². The molecule has 2 aromatic rings. The zero-order valence-electron chi connectivity index (χ0n) is 15.1. The normalized spacial score (nSPS) is 16.7. The first kappa shape index (κ1) is 18.0. The van der Waals surface area contributed by atoms with Gasteiger partial charge in [0, 0.05) is 24.6 Å². The van der Waals surface area contributed by atoms with E-state index in [1.807, 2.05) is 30.3 Å². The smallest absolute Gasteiger partial charge is 0.285 e. The summed E-state index contributed by atoms with van der Waals surface area (Å²) < 4.78 is 0. The van der Waals surface area contributed by atoms with Crippen LogP contribution in [0.25, 0.3) is 0 Å². The van der Waals surface area contributed by atoms with Crippen LogP contribution in [0, 0.1) is 5.92 Å². The number of nitrogens with one attached hydrogen (secondary N) is 2. The Balaban J connectivity index is 1.56. The summed E-state index contributed by atoms with van der Waals surface area (Å²) in [5, 5.41) is 3.30. The van der Waals surface area contributed by atoms with Crippen LogP contribution in [0.5, 0.6) is 0 Å². The molecular formula is C21H25N3O2. The summed E-state index contributed by atoms with van der Waals surface area (Å²) in [6.07, 6.45) is 9.65. The molecule has 26 heavy (non-hydrogen) atoms. The number of para-hydroxylation sites is 1. The van der Waals surface area contributed by atoms with E-state index in [2.05, 4.69) is 22.7 Å². The number of carbonyl (C=O) groups is 1. The van der Waals surface area contributed by atoms with E-state index in [9.17, 15) is 4.79 Å². The average molecular weight is 351 g/mol. The van der Waals surface area contributed by atoms with E-state index >= 15 is 0 Å². The summed E-state index contributed by atoms with van der Waals surface area (Å²) >= 11 is 0. The number of hydrogen-bond acceptors (Lipinski definition) is 4. The molecule has 0 saturated heterocycles. The maximum Gasteiger partial charge on any atom is 0.285 e. The summed E-state index contributed by atoms with van der Waals surface area (Å²) in [5.41, 5.74) is 6.21. The molecule has 0 bridgehead atoms. The number of amides is 1. The molecule has 1 heterocycles. The number of pyridine rings is 1. The molecule has 1 fully saturated rings. The molecule has 1 aromatic carbocycles. The number of carbonyl (C=O) groups excluding carboxylic acids is 1. The molecule has 1 aliphatic carbocycles. The standard InChI is InChI=1S/C21H25N3O2/c1-16-6-8-18(9-7-16)15-26-24-21(25)19-4-2-3-5-20(19)23-14-17-10-12-22-13-11-17/h2-5,10-13,15-16,23H,6-9,14H2,1H3,(H,24,25). The minimum atomic E-state index is -0.260. The van der Waals surface area contributed by atoms with Crippen molar-refractivity contribution in [2.45, 2.75) is 39.2 Å². The van der Waals surface area contributed by atoms with Crippen LogP contribution in [0.3, 0.4) is 0 Å². The Kier molecular flexibility index (Phi) is 6.25. The van der Waals surface area contributed by atoms with Gasteiger partial charge in [0.1, 0.15) is 6.26 Å². The molecule has 1 saturated carbocycles. The first-order chi connectivity index (χ1) is 12.7. The Morgan fingerprint density at radius 2 is 1.92 bits per heavy atom. The topological polar surface area (TPSA) is 63.2 Å². The molecule has 5 heteroatoms. The Morgan fingerprint density at radius 1 is 1.19 bits per heavy atom. The van der Waals surface area contributed by atoms with E-state index in [0.29, 0.717) is 12.1 Å². The Hall–Kier alpha value is -2.82. The van der Waals surface area contributed by atoms with Gasteiger partial charge in [-0.2, -0.15) is 5.48 Å². The largest absolute Gasteiger partial charge is 0.387 e. The summed E-state index contributed by atoms with van der Waals surface area (Å²) in [6, 6.07) is 11.3. The van der Waals surface area contributed by atoms with Crippen LogP contribution in [-0.2, 0) is 11.4 Å². The third kappa shape index (κ3) is 5.09. The number of aromatic nitrogens is 1. The van der Waals surface area contributed by atoms with Crippen LogP contribution >= 0.6 is 0 Å². The molecule has 3 rings (SSSR count). The number of allylic oxidation sites excluding steroid dienone is 1. The second-order valence-corrected chi connectivity index (χ2v) is 6.76. The van der Waals surface area contributed by atoms with Crippen molar-refractivity contribution in [3.8, 4) is 0 Å². The zero-order valence-corrected chi connectivity index (χ0v) is 15.1. The molecule has 1 aliphatic rings. The lowest BCUT2D eigenvalue weighted by molar-refractivity contribution is 0.0648. The number of benzene rings is 1. The molecule has 136 valence electrons. The number of anilines is 1. The number of hydrogen-bond donors (Lipinski definition) is 2. The van der Waals surface area contributed by atoms with Gasteiger partial charge in [-0.05, 0) is 67.0 Å². The lowest BCUT2D eigenvalue weighted by Gasteiger charge is -2.19. The molecular weight excluding hydrogens is 326 g/mol. The highest BCUT2D eigenvalue weighted by Gasteiger charge is 2.14. The second-order valence-electron chi connectivity index (χ2n) is 6.76. The fourth-order valence-corrected chi connectivity index (χ4v) is 3.01. The molecule has 0 atom stereocenters. The maximum absolute atomic E-state index is 12.5. The first-order valence-electron chi connectivity index (χ1n) is 9.08. The number of nitrogens with zero attached hydrogens (tertiary/aromatic N) is 1. The van der Waals surface area contributed by atoms with Gasteiger partial charge in [-0.25, -0.2) is 0 Å². The van der Waals surface area contributed by atoms with Crippen molar-refractivity contribution in [2.24, 2.45) is 5.92 Å². The van der Waals surface area contributed by atoms with Crippen LogP contribution < -0.4 is 10.8 Å². The maximum atomic E-state index is 12.5. The molecule has 0 spiro atoms. The molecule has 2 N–H and O–H groups in total. The summed E-state index contributed by atoms with van der Waals surface area (Å²) in [6.45, 7) is 2.89. The predicted molar refractivity (Wildman–Crippen MR) is 102 cm³/mol. The van der Waals surface area contributed by atoms with Gasteiger partial charge in [-0.15, -0.1) is 0 Å². The minimum absolute atomic E-state index is 0.260. The average Bonchev–Trinajstić information content (AvgIpc) is 2.69.